The first kappa shape index (κ1) is 7.16. The highest BCUT2D eigenvalue weighted by atomic mass is 127. The Labute approximate surface area is 55.9 Å². The normalized spacial score (nSPS) is 10.0. The molecule has 0 aromatic carbocycles. The van der Waals surface area contributed by atoms with Crippen LogP contribution in [-0.2, 0) is 0 Å². The number of aliphatic hydroxyl groups excluding tert-OH is 1. The third kappa shape index (κ3) is 6.16. The monoisotopic (exact) mass is 214 g/mol. The van der Waals surface area contributed by atoms with E-state index in [1.54, 1.807) is 4.22 Å². The molecule has 0 amide bonds. The van der Waals surface area contributed by atoms with Crippen molar-refractivity contribution in [2.24, 2.45) is 5.10 Å². The zero-order valence-corrected chi connectivity index (χ0v) is 5.92. The van der Waals surface area contributed by atoms with Crippen LogP contribution in [0.5, 0.6) is 0 Å². The first-order chi connectivity index (χ1) is 3.41. The van der Waals surface area contributed by atoms with Crippen LogP contribution in [0, 0.1) is 0 Å². The minimum absolute atomic E-state index is 0.133. The Hall–Kier alpha value is 0.160. The molecule has 42 valence electrons. The summed E-state index contributed by atoms with van der Waals surface area (Å²) in [6, 6.07) is 0. The van der Waals surface area contributed by atoms with Crippen LogP contribution in [0.2, 0.25) is 0 Å². The van der Waals surface area contributed by atoms with Crippen molar-refractivity contribution in [3.8, 4) is 0 Å². The fourth-order valence-electron chi connectivity index (χ4n) is 0.149. The van der Waals surface area contributed by atoms with Crippen molar-refractivity contribution in [3.63, 3.8) is 0 Å². The second-order valence-electron chi connectivity index (χ2n) is 0.858. The molecule has 0 unspecified atom stereocenters. The topological polar surface area (TPSA) is 44.6 Å². The highest BCUT2D eigenvalue weighted by molar-refractivity contribution is 14.1. The second-order valence-corrected chi connectivity index (χ2v) is 1.42. The highest BCUT2D eigenvalue weighted by Gasteiger charge is 1.70. The summed E-state index contributed by atoms with van der Waals surface area (Å²) in [6.45, 7) is 0.660. The van der Waals surface area contributed by atoms with Crippen molar-refractivity contribution in [1.82, 2.24) is 5.43 Å². The number of aliphatic hydroxyl groups is 1. The second kappa shape index (κ2) is 6.16. The van der Waals surface area contributed by atoms with Gasteiger partial charge in [0.2, 0.25) is 0 Å². The van der Waals surface area contributed by atoms with Crippen molar-refractivity contribution in [2.75, 3.05) is 13.2 Å². The maximum Gasteiger partial charge on any atom is 0.0850 e. The predicted octanol–water partition coefficient (Wildman–Crippen LogP) is -0.0534. The molecule has 0 saturated carbocycles. The fourth-order valence-corrected chi connectivity index (χ4v) is 0.346. The molecule has 0 aromatic rings. The van der Waals surface area contributed by atoms with Crippen molar-refractivity contribution < 1.29 is 5.11 Å². The van der Waals surface area contributed by atoms with Gasteiger partial charge in [-0.15, -0.1) is 0 Å². The Kier molecular flexibility index (Phi) is 6.30. The van der Waals surface area contributed by atoms with E-state index in [2.05, 4.69) is 10.5 Å². The van der Waals surface area contributed by atoms with Gasteiger partial charge < -0.3 is 10.5 Å². The van der Waals surface area contributed by atoms with E-state index in [9.17, 15) is 0 Å². The molecule has 0 rings (SSSR count). The highest BCUT2D eigenvalue weighted by Crippen LogP contribution is 1.66. The molecule has 0 bridgehead atoms. The van der Waals surface area contributed by atoms with E-state index in [-0.39, 0.29) is 6.61 Å². The fraction of sp³-hybridized carbons (Fsp3) is 0.667. The SMILES string of the molecule is OCCN/N=C\I. The van der Waals surface area contributed by atoms with Gasteiger partial charge in [0.1, 0.15) is 0 Å². The van der Waals surface area contributed by atoms with Crippen molar-refractivity contribution in [1.29, 1.82) is 0 Å². The molecular formula is C3H7IN2O. The van der Waals surface area contributed by atoms with E-state index in [0.717, 1.165) is 0 Å². The Morgan fingerprint density at radius 3 is 3.00 bits per heavy atom. The third-order valence-corrected chi connectivity index (χ3v) is 0.642. The summed E-state index contributed by atoms with van der Waals surface area (Å²) in [5.74, 6) is 0. The van der Waals surface area contributed by atoms with Gasteiger partial charge in [0.25, 0.3) is 0 Å². The number of nitrogens with one attached hydrogen (secondary N) is 1. The van der Waals surface area contributed by atoms with Crippen LogP contribution < -0.4 is 5.43 Å². The molecule has 0 spiro atoms. The zero-order valence-electron chi connectivity index (χ0n) is 3.76. The number of hydrogen-bond acceptors (Lipinski definition) is 3. The molecular weight excluding hydrogens is 207 g/mol. The van der Waals surface area contributed by atoms with Gasteiger partial charge in [-0.05, 0) is 22.6 Å². The maximum atomic E-state index is 8.15. The summed E-state index contributed by atoms with van der Waals surface area (Å²) in [6.07, 6.45) is 0. The van der Waals surface area contributed by atoms with Crippen molar-refractivity contribution in [2.45, 2.75) is 0 Å². The van der Waals surface area contributed by atoms with Gasteiger partial charge in [-0.1, -0.05) is 0 Å². The van der Waals surface area contributed by atoms with E-state index in [4.69, 9.17) is 5.11 Å². The molecule has 4 heteroatoms. The molecule has 3 nitrogen and oxygen atoms in total. The molecule has 0 heterocycles. The van der Waals surface area contributed by atoms with Gasteiger partial charge in [0.15, 0.2) is 0 Å². The molecule has 0 aromatic heterocycles. The lowest BCUT2D eigenvalue weighted by molar-refractivity contribution is 0.294. The first-order valence-electron chi connectivity index (χ1n) is 1.87. The lowest BCUT2D eigenvalue weighted by Gasteiger charge is -1.89. The van der Waals surface area contributed by atoms with Crippen LogP contribution in [0.15, 0.2) is 5.10 Å². The lowest BCUT2D eigenvalue weighted by atomic mass is 10.7. The molecule has 0 aliphatic heterocycles. The number of hydrogen-bond donors (Lipinski definition) is 2. The van der Waals surface area contributed by atoms with Crippen LogP contribution in [0.25, 0.3) is 0 Å². The Morgan fingerprint density at radius 1 is 1.86 bits per heavy atom. The van der Waals surface area contributed by atoms with E-state index >= 15 is 0 Å². The molecule has 0 radical (unpaired) electrons. The van der Waals surface area contributed by atoms with Gasteiger partial charge in [0.05, 0.1) is 17.4 Å². The quantitative estimate of drug-likeness (QED) is 0.299. The number of rotatable bonds is 3. The van der Waals surface area contributed by atoms with Crippen LogP contribution in [-0.4, -0.2) is 22.5 Å². The number of nitrogens with zero attached hydrogens (tertiary/aromatic N) is 1. The zero-order chi connectivity index (χ0) is 5.54. The summed E-state index contributed by atoms with van der Waals surface area (Å²) >= 11 is 1.99. The summed E-state index contributed by atoms with van der Waals surface area (Å²) in [7, 11) is 0. The Bertz CT molecular complexity index is 56.9. The number of halogens is 1. The van der Waals surface area contributed by atoms with Crippen LogP contribution in [0.3, 0.4) is 0 Å². The first-order valence-corrected chi connectivity index (χ1v) is 3.12. The van der Waals surface area contributed by atoms with Gasteiger partial charge in [0, 0.05) is 0 Å². The molecule has 0 saturated heterocycles. The average molecular weight is 214 g/mol. The summed E-state index contributed by atoms with van der Waals surface area (Å²) in [4.78, 5) is 0. The summed E-state index contributed by atoms with van der Waals surface area (Å²) in [5.41, 5.74) is 2.60. The van der Waals surface area contributed by atoms with Gasteiger partial charge in [-0.25, -0.2) is 0 Å². The minimum Gasteiger partial charge on any atom is -0.394 e. The van der Waals surface area contributed by atoms with E-state index < -0.39 is 0 Å². The van der Waals surface area contributed by atoms with Crippen LogP contribution in [0.4, 0.5) is 0 Å². The Morgan fingerprint density at radius 2 is 2.57 bits per heavy atom. The maximum absolute atomic E-state index is 8.15. The smallest absolute Gasteiger partial charge is 0.0850 e. The van der Waals surface area contributed by atoms with Gasteiger partial charge in [-0.2, -0.15) is 5.10 Å². The van der Waals surface area contributed by atoms with Crippen molar-refractivity contribution >= 4 is 26.8 Å². The van der Waals surface area contributed by atoms with Gasteiger partial charge in [-0.3, -0.25) is 0 Å². The average Bonchev–Trinajstić information content (AvgIpc) is 1.69. The summed E-state index contributed by atoms with van der Waals surface area (Å²) < 4.78 is 1.60. The van der Waals surface area contributed by atoms with E-state index in [1.807, 2.05) is 22.6 Å². The third-order valence-electron chi connectivity index (χ3n) is 0.364. The Balaban J connectivity index is 2.69. The van der Waals surface area contributed by atoms with Gasteiger partial charge >= 0.3 is 0 Å². The van der Waals surface area contributed by atoms with Crippen LogP contribution >= 0.6 is 22.6 Å². The van der Waals surface area contributed by atoms with E-state index in [0.29, 0.717) is 6.54 Å². The van der Waals surface area contributed by atoms with Crippen LogP contribution in [0.1, 0.15) is 0 Å². The predicted molar refractivity (Wildman–Crippen MR) is 37.6 cm³/mol. The minimum atomic E-state index is 0.133. The molecule has 0 fully saturated rings. The molecule has 0 atom stereocenters. The standard InChI is InChI=1S/C3H7IN2O/c4-3-6-5-1-2-7/h3,5,7H,1-2H2/b6-3-. The molecule has 2 N–H and O–H groups in total. The molecule has 0 aliphatic rings. The molecule has 7 heavy (non-hydrogen) atoms. The summed E-state index contributed by atoms with van der Waals surface area (Å²) in [5, 5.41) is 11.8. The number of hydrazone groups is 1. The largest absolute Gasteiger partial charge is 0.394 e. The lowest BCUT2D eigenvalue weighted by Crippen LogP contribution is -2.10. The van der Waals surface area contributed by atoms with Crippen molar-refractivity contribution in [3.05, 3.63) is 0 Å². The van der Waals surface area contributed by atoms with E-state index in [1.165, 1.54) is 0 Å². The molecule has 0 aliphatic carbocycles.